The third kappa shape index (κ3) is 3.35. The topological polar surface area (TPSA) is 34.4 Å². The van der Waals surface area contributed by atoms with Gasteiger partial charge < -0.3 is 14.5 Å². The number of ether oxygens (including phenoxy) is 1. The van der Waals surface area contributed by atoms with Gasteiger partial charge in [-0.25, -0.2) is 0 Å². The average molecular weight is 225 g/mol. The SMILES string of the molecule is CCCC(C)C(NC)c1ccc(COC)o1. The van der Waals surface area contributed by atoms with Gasteiger partial charge in [-0.05, 0) is 31.5 Å². The predicted octanol–water partition coefficient (Wildman–Crippen LogP) is 3.12. The van der Waals surface area contributed by atoms with E-state index < -0.39 is 0 Å². The number of methoxy groups -OCH3 is 1. The second-order valence-corrected chi connectivity index (χ2v) is 4.27. The summed E-state index contributed by atoms with van der Waals surface area (Å²) in [6.45, 7) is 5.00. The molecule has 0 fully saturated rings. The van der Waals surface area contributed by atoms with E-state index in [0.717, 1.165) is 11.5 Å². The summed E-state index contributed by atoms with van der Waals surface area (Å²) in [5, 5.41) is 3.32. The van der Waals surface area contributed by atoms with Crippen molar-refractivity contribution in [1.29, 1.82) is 0 Å². The van der Waals surface area contributed by atoms with E-state index in [4.69, 9.17) is 9.15 Å². The molecule has 0 bridgehead atoms. The Morgan fingerprint density at radius 3 is 2.75 bits per heavy atom. The van der Waals surface area contributed by atoms with Crippen LogP contribution in [0.4, 0.5) is 0 Å². The molecule has 3 nitrogen and oxygen atoms in total. The molecule has 0 radical (unpaired) electrons. The Morgan fingerprint density at radius 2 is 2.19 bits per heavy atom. The Bertz CT molecular complexity index is 296. The maximum atomic E-state index is 5.76. The van der Waals surface area contributed by atoms with Crippen molar-refractivity contribution < 1.29 is 9.15 Å². The van der Waals surface area contributed by atoms with E-state index >= 15 is 0 Å². The fraction of sp³-hybridized carbons (Fsp3) is 0.692. The Hall–Kier alpha value is -0.800. The minimum Gasteiger partial charge on any atom is -0.462 e. The molecule has 0 spiro atoms. The van der Waals surface area contributed by atoms with E-state index in [2.05, 4.69) is 19.2 Å². The number of nitrogens with one attached hydrogen (secondary N) is 1. The molecule has 0 saturated carbocycles. The van der Waals surface area contributed by atoms with Crippen LogP contribution in [0.2, 0.25) is 0 Å². The Balaban J connectivity index is 2.70. The highest BCUT2D eigenvalue weighted by Gasteiger charge is 2.20. The molecule has 0 aliphatic heterocycles. The van der Waals surface area contributed by atoms with Crippen LogP contribution in [0.5, 0.6) is 0 Å². The first kappa shape index (κ1) is 13.3. The molecule has 1 aromatic rings. The van der Waals surface area contributed by atoms with Gasteiger partial charge in [-0.15, -0.1) is 0 Å². The van der Waals surface area contributed by atoms with Crippen molar-refractivity contribution in [2.24, 2.45) is 5.92 Å². The molecule has 0 aliphatic rings. The van der Waals surface area contributed by atoms with Crippen LogP contribution in [-0.4, -0.2) is 14.2 Å². The van der Waals surface area contributed by atoms with Crippen LogP contribution in [0.25, 0.3) is 0 Å². The van der Waals surface area contributed by atoms with Gasteiger partial charge in [0.2, 0.25) is 0 Å². The average Bonchev–Trinajstić information content (AvgIpc) is 2.68. The minimum absolute atomic E-state index is 0.297. The summed E-state index contributed by atoms with van der Waals surface area (Å²) in [5.74, 6) is 2.48. The standard InChI is InChI=1S/C13H23NO2/c1-5-6-10(2)13(14-3)12-8-7-11(16-12)9-15-4/h7-8,10,13-14H,5-6,9H2,1-4H3. The maximum Gasteiger partial charge on any atom is 0.129 e. The van der Waals surface area contributed by atoms with Crippen molar-refractivity contribution >= 4 is 0 Å². The summed E-state index contributed by atoms with van der Waals surface area (Å²) in [6, 6.07) is 4.33. The van der Waals surface area contributed by atoms with Crippen molar-refractivity contribution in [3.8, 4) is 0 Å². The zero-order valence-electron chi connectivity index (χ0n) is 10.7. The van der Waals surface area contributed by atoms with Gasteiger partial charge in [-0.1, -0.05) is 20.3 Å². The van der Waals surface area contributed by atoms with Crippen LogP contribution in [-0.2, 0) is 11.3 Å². The van der Waals surface area contributed by atoms with Crippen LogP contribution < -0.4 is 5.32 Å². The van der Waals surface area contributed by atoms with E-state index in [1.165, 1.54) is 12.8 Å². The molecule has 0 amide bonds. The Labute approximate surface area is 98.2 Å². The van der Waals surface area contributed by atoms with Crippen LogP contribution in [0.3, 0.4) is 0 Å². The molecule has 0 aliphatic carbocycles. The van der Waals surface area contributed by atoms with Gasteiger partial charge in [-0.2, -0.15) is 0 Å². The number of furan rings is 1. The first-order chi connectivity index (χ1) is 7.72. The molecular weight excluding hydrogens is 202 g/mol. The Morgan fingerprint density at radius 1 is 1.44 bits per heavy atom. The summed E-state index contributed by atoms with van der Waals surface area (Å²) in [6.07, 6.45) is 2.40. The van der Waals surface area contributed by atoms with Crippen LogP contribution >= 0.6 is 0 Å². The van der Waals surface area contributed by atoms with E-state index in [9.17, 15) is 0 Å². The van der Waals surface area contributed by atoms with Gasteiger partial charge in [0.25, 0.3) is 0 Å². The maximum absolute atomic E-state index is 5.76. The van der Waals surface area contributed by atoms with Gasteiger partial charge >= 0.3 is 0 Å². The number of hydrogen-bond donors (Lipinski definition) is 1. The van der Waals surface area contributed by atoms with E-state index in [1.807, 2.05) is 19.2 Å². The second kappa shape index (κ2) is 6.71. The van der Waals surface area contributed by atoms with Crippen LogP contribution in [0, 0.1) is 5.92 Å². The summed E-state index contributed by atoms with van der Waals surface area (Å²) < 4.78 is 10.8. The summed E-state index contributed by atoms with van der Waals surface area (Å²) in [7, 11) is 3.66. The van der Waals surface area contributed by atoms with E-state index in [1.54, 1.807) is 7.11 Å². The molecule has 2 atom stereocenters. The van der Waals surface area contributed by atoms with Crippen molar-refractivity contribution in [1.82, 2.24) is 5.32 Å². The Kier molecular flexibility index (Phi) is 5.56. The highest BCUT2D eigenvalue weighted by atomic mass is 16.5. The lowest BCUT2D eigenvalue weighted by Crippen LogP contribution is -2.22. The van der Waals surface area contributed by atoms with Gasteiger partial charge in [0.15, 0.2) is 0 Å². The monoisotopic (exact) mass is 225 g/mol. The first-order valence-electron chi connectivity index (χ1n) is 5.97. The summed E-state index contributed by atoms with van der Waals surface area (Å²) >= 11 is 0. The minimum atomic E-state index is 0.297. The largest absolute Gasteiger partial charge is 0.462 e. The normalized spacial score (nSPS) is 15.0. The molecule has 0 saturated heterocycles. The number of rotatable bonds is 7. The number of hydrogen-bond acceptors (Lipinski definition) is 3. The van der Waals surface area contributed by atoms with Gasteiger partial charge in [0.05, 0.1) is 6.04 Å². The first-order valence-corrected chi connectivity index (χ1v) is 5.97. The lowest BCUT2D eigenvalue weighted by atomic mass is 9.95. The molecule has 92 valence electrons. The summed E-state index contributed by atoms with van der Waals surface area (Å²) in [5.41, 5.74) is 0. The molecule has 16 heavy (non-hydrogen) atoms. The van der Waals surface area contributed by atoms with Gasteiger partial charge in [0, 0.05) is 7.11 Å². The molecule has 1 aromatic heterocycles. The zero-order valence-corrected chi connectivity index (χ0v) is 10.7. The molecule has 2 unspecified atom stereocenters. The van der Waals surface area contributed by atoms with E-state index in [-0.39, 0.29) is 0 Å². The fourth-order valence-corrected chi connectivity index (χ4v) is 2.11. The lowest BCUT2D eigenvalue weighted by molar-refractivity contribution is 0.160. The molecule has 3 heteroatoms. The third-order valence-corrected chi connectivity index (χ3v) is 2.90. The van der Waals surface area contributed by atoms with Crippen LogP contribution in [0.1, 0.15) is 44.3 Å². The zero-order chi connectivity index (χ0) is 12.0. The van der Waals surface area contributed by atoms with Crippen molar-refractivity contribution in [3.63, 3.8) is 0 Å². The molecule has 1 heterocycles. The lowest BCUT2D eigenvalue weighted by Gasteiger charge is -2.21. The van der Waals surface area contributed by atoms with Gasteiger partial charge in [0.1, 0.15) is 18.1 Å². The highest BCUT2D eigenvalue weighted by molar-refractivity contribution is 5.11. The van der Waals surface area contributed by atoms with Crippen molar-refractivity contribution in [2.45, 2.75) is 39.3 Å². The molecule has 1 rings (SSSR count). The summed E-state index contributed by atoms with van der Waals surface area (Å²) in [4.78, 5) is 0. The fourth-order valence-electron chi connectivity index (χ4n) is 2.11. The smallest absolute Gasteiger partial charge is 0.129 e. The van der Waals surface area contributed by atoms with Gasteiger partial charge in [-0.3, -0.25) is 0 Å². The molecule has 0 aromatic carbocycles. The molecular formula is C13H23NO2. The third-order valence-electron chi connectivity index (χ3n) is 2.90. The predicted molar refractivity (Wildman–Crippen MR) is 65.3 cm³/mol. The van der Waals surface area contributed by atoms with Crippen molar-refractivity contribution in [2.75, 3.05) is 14.2 Å². The quantitative estimate of drug-likeness (QED) is 0.774. The second-order valence-electron chi connectivity index (χ2n) is 4.27. The van der Waals surface area contributed by atoms with Crippen molar-refractivity contribution in [3.05, 3.63) is 23.7 Å². The highest BCUT2D eigenvalue weighted by Crippen LogP contribution is 2.26. The van der Waals surface area contributed by atoms with E-state index in [0.29, 0.717) is 18.6 Å². The van der Waals surface area contributed by atoms with Crippen LogP contribution in [0.15, 0.2) is 16.5 Å². The molecule has 1 N–H and O–H groups in total.